The number of nitrogens with zero attached hydrogens (tertiary/aromatic N) is 3. The minimum absolute atomic E-state index is 0.724. The first-order valence-corrected chi connectivity index (χ1v) is 4.87. The lowest BCUT2D eigenvalue weighted by molar-refractivity contribution is 0.580. The van der Waals surface area contributed by atoms with Gasteiger partial charge >= 0.3 is 0 Å². The van der Waals surface area contributed by atoms with Crippen molar-refractivity contribution in [3.63, 3.8) is 0 Å². The fourth-order valence-corrected chi connectivity index (χ4v) is 1.65. The summed E-state index contributed by atoms with van der Waals surface area (Å²) in [4.78, 5) is 4.16. The van der Waals surface area contributed by atoms with Gasteiger partial charge in [-0.15, -0.1) is 0 Å². The van der Waals surface area contributed by atoms with E-state index < -0.39 is 0 Å². The van der Waals surface area contributed by atoms with Crippen LogP contribution in [0.4, 0.5) is 0 Å². The molecule has 72 valence electrons. The average Bonchev–Trinajstić information content (AvgIpc) is 2.79. The number of hydrogen-bond acceptors (Lipinski definition) is 3. The van der Waals surface area contributed by atoms with Crippen molar-refractivity contribution in [1.29, 1.82) is 0 Å². The van der Waals surface area contributed by atoms with Crippen molar-refractivity contribution < 1.29 is 0 Å². The Morgan fingerprint density at radius 2 is 2.54 bits per heavy atom. The summed E-state index contributed by atoms with van der Waals surface area (Å²) in [5, 5.41) is 7.50. The maximum atomic E-state index is 4.16. The number of hydrogen-bond donors (Lipinski definition) is 1. The van der Waals surface area contributed by atoms with E-state index in [2.05, 4.69) is 22.3 Å². The van der Waals surface area contributed by atoms with Crippen molar-refractivity contribution in [3.05, 3.63) is 12.2 Å². The molecule has 13 heavy (non-hydrogen) atoms. The van der Waals surface area contributed by atoms with Crippen molar-refractivity contribution >= 4 is 0 Å². The summed E-state index contributed by atoms with van der Waals surface area (Å²) in [6.07, 6.45) is 4.21. The smallest absolute Gasteiger partial charge is 0.140 e. The largest absolute Gasteiger partial charge is 0.307 e. The summed E-state index contributed by atoms with van der Waals surface area (Å²) in [6.45, 7) is 3.09. The maximum absolute atomic E-state index is 4.16. The van der Waals surface area contributed by atoms with Gasteiger partial charge in [0.25, 0.3) is 0 Å². The third-order valence-electron chi connectivity index (χ3n) is 2.77. The number of nitrogens with one attached hydrogen (secondary N) is 1. The zero-order valence-electron chi connectivity index (χ0n) is 8.20. The van der Waals surface area contributed by atoms with Crippen LogP contribution < -0.4 is 5.32 Å². The summed E-state index contributed by atoms with van der Waals surface area (Å²) >= 11 is 0. The Morgan fingerprint density at radius 3 is 3.08 bits per heavy atom. The van der Waals surface area contributed by atoms with Gasteiger partial charge in [-0.2, -0.15) is 5.10 Å². The Labute approximate surface area is 78.4 Å². The molecule has 0 radical (unpaired) electrons. The number of aromatic nitrogens is 3. The van der Waals surface area contributed by atoms with Crippen LogP contribution >= 0.6 is 0 Å². The minimum atomic E-state index is 0.724. The molecule has 0 saturated heterocycles. The van der Waals surface area contributed by atoms with E-state index in [9.17, 15) is 0 Å². The van der Waals surface area contributed by atoms with Gasteiger partial charge in [-0.3, -0.25) is 4.68 Å². The molecule has 4 nitrogen and oxygen atoms in total. The highest BCUT2D eigenvalue weighted by atomic mass is 15.3. The van der Waals surface area contributed by atoms with Crippen LogP contribution in [0.25, 0.3) is 0 Å². The lowest BCUT2D eigenvalue weighted by Gasteiger charge is -2.02. The molecule has 2 atom stereocenters. The van der Waals surface area contributed by atoms with Crippen molar-refractivity contribution in [2.75, 3.05) is 0 Å². The topological polar surface area (TPSA) is 42.7 Å². The van der Waals surface area contributed by atoms with Gasteiger partial charge in [0, 0.05) is 13.1 Å². The van der Waals surface area contributed by atoms with Gasteiger partial charge < -0.3 is 5.32 Å². The normalized spacial score (nSPS) is 26.3. The van der Waals surface area contributed by atoms with E-state index in [0.717, 1.165) is 24.3 Å². The minimum Gasteiger partial charge on any atom is -0.307 e. The molecule has 0 aromatic carbocycles. The zero-order chi connectivity index (χ0) is 9.26. The molecule has 1 aromatic heterocycles. The van der Waals surface area contributed by atoms with Crippen LogP contribution in [0.2, 0.25) is 0 Å². The number of rotatable bonds is 4. The first kappa shape index (κ1) is 8.69. The summed E-state index contributed by atoms with van der Waals surface area (Å²) < 4.78 is 1.82. The predicted octanol–water partition coefficient (Wildman–Crippen LogP) is 0.703. The molecule has 0 bridgehead atoms. The second-order valence-electron chi connectivity index (χ2n) is 3.69. The molecule has 0 spiro atoms. The molecule has 1 aliphatic rings. The van der Waals surface area contributed by atoms with Crippen molar-refractivity contribution in [2.24, 2.45) is 13.0 Å². The monoisotopic (exact) mass is 180 g/mol. The van der Waals surface area contributed by atoms with E-state index in [1.807, 2.05) is 11.7 Å². The van der Waals surface area contributed by atoms with Crippen LogP contribution in [-0.2, 0) is 13.6 Å². The van der Waals surface area contributed by atoms with Crippen molar-refractivity contribution in [1.82, 2.24) is 20.1 Å². The van der Waals surface area contributed by atoms with Crippen LogP contribution in [0.1, 0.15) is 25.6 Å². The highest BCUT2D eigenvalue weighted by Crippen LogP contribution is 2.33. The first-order valence-electron chi connectivity index (χ1n) is 4.87. The molecule has 1 fully saturated rings. The van der Waals surface area contributed by atoms with Crippen LogP contribution in [0, 0.1) is 5.92 Å². The van der Waals surface area contributed by atoms with Gasteiger partial charge in [-0.25, -0.2) is 4.98 Å². The first-order chi connectivity index (χ1) is 6.31. The Morgan fingerprint density at radius 1 is 1.69 bits per heavy atom. The lowest BCUT2D eigenvalue weighted by atomic mass is 10.3. The summed E-state index contributed by atoms with van der Waals surface area (Å²) in [5.74, 6) is 1.91. The van der Waals surface area contributed by atoms with Gasteiger partial charge in [-0.1, -0.05) is 13.3 Å². The van der Waals surface area contributed by atoms with E-state index in [0.29, 0.717) is 0 Å². The fourth-order valence-electron chi connectivity index (χ4n) is 1.65. The molecule has 0 amide bonds. The van der Waals surface area contributed by atoms with Crippen LogP contribution in [0.3, 0.4) is 0 Å². The second kappa shape index (κ2) is 3.46. The Hall–Kier alpha value is -0.900. The van der Waals surface area contributed by atoms with E-state index in [4.69, 9.17) is 0 Å². The molecule has 1 aliphatic carbocycles. The predicted molar refractivity (Wildman–Crippen MR) is 50.0 cm³/mol. The molecule has 2 rings (SSSR count). The van der Waals surface area contributed by atoms with Gasteiger partial charge in [0.1, 0.15) is 12.2 Å². The molecular formula is C9H16N4. The molecule has 1 N–H and O–H groups in total. The standard InChI is InChI=1S/C9H16N4/c1-3-7-4-8(7)10-5-9-11-6-12-13(9)2/h6-8,10H,3-5H2,1-2H3. The average molecular weight is 180 g/mol. The third kappa shape index (κ3) is 1.88. The molecular weight excluding hydrogens is 164 g/mol. The third-order valence-corrected chi connectivity index (χ3v) is 2.77. The van der Waals surface area contributed by atoms with E-state index in [-0.39, 0.29) is 0 Å². The molecule has 2 unspecified atom stereocenters. The Kier molecular flexibility index (Phi) is 2.31. The van der Waals surface area contributed by atoms with Gasteiger partial charge in [0.05, 0.1) is 6.54 Å². The van der Waals surface area contributed by atoms with E-state index in [1.165, 1.54) is 12.8 Å². The SMILES string of the molecule is CCC1CC1NCc1ncnn1C. The van der Waals surface area contributed by atoms with Gasteiger partial charge in [-0.05, 0) is 12.3 Å². The molecule has 1 heterocycles. The molecule has 4 heteroatoms. The summed E-state index contributed by atoms with van der Waals surface area (Å²) in [6, 6.07) is 0.724. The van der Waals surface area contributed by atoms with E-state index in [1.54, 1.807) is 6.33 Å². The molecule has 1 aromatic rings. The van der Waals surface area contributed by atoms with Crippen LogP contribution in [0.15, 0.2) is 6.33 Å². The van der Waals surface area contributed by atoms with E-state index >= 15 is 0 Å². The molecule has 0 aliphatic heterocycles. The Bertz CT molecular complexity index is 281. The highest BCUT2D eigenvalue weighted by Gasteiger charge is 2.34. The quantitative estimate of drug-likeness (QED) is 0.741. The zero-order valence-corrected chi connectivity index (χ0v) is 8.20. The fraction of sp³-hybridized carbons (Fsp3) is 0.778. The highest BCUT2D eigenvalue weighted by molar-refractivity contribution is 4.94. The van der Waals surface area contributed by atoms with Crippen molar-refractivity contribution in [2.45, 2.75) is 32.4 Å². The Balaban J connectivity index is 1.78. The molecule has 1 saturated carbocycles. The van der Waals surface area contributed by atoms with Crippen LogP contribution in [-0.4, -0.2) is 20.8 Å². The number of aryl methyl sites for hydroxylation is 1. The maximum Gasteiger partial charge on any atom is 0.140 e. The second-order valence-corrected chi connectivity index (χ2v) is 3.69. The lowest BCUT2D eigenvalue weighted by Crippen LogP contribution is -2.20. The van der Waals surface area contributed by atoms with Crippen molar-refractivity contribution in [3.8, 4) is 0 Å². The van der Waals surface area contributed by atoms with Gasteiger partial charge in [0.15, 0.2) is 0 Å². The summed E-state index contributed by atoms with van der Waals surface area (Å²) in [7, 11) is 1.92. The summed E-state index contributed by atoms with van der Waals surface area (Å²) in [5.41, 5.74) is 0. The van der Waals surface area contributed by atoms with Crippen LogP contribution in [0.5, 0.6) is 0 Å². The van der Waals surface area contributed by atoms with Gasteiger partial charge in [0.2, 0.25) is 0 Å².